The van der Waals surface area contributed by atoms with Gasteiger partial charge in [-0.1, -0.05) is 13.8 Å². The molecule has 5 nitrogen and oxygen atoms in total. The number of nitrogens with two attached hydrogens (primary N) is 1. The molecule has 0 radical (unpaired) electrons. The molecular formula is C13H25N3O2. The highest BCUT2D eigenvalue weighted by atomic mass is 16.2. The summed E-state index contributed by atoms with van der Waals surface area (Å²) in [5.74, 6) is 0.662. The standard InChI is InChI=1S/C13H25N3O2/c1-9(2)7-11(8-14)13(18)16-6-5-15-12(17)10-3-4-10/h9-11H,3-8,14H2,1-2H3,(H,15,17)(H,16,18). The minimum absolute atomic E-state index is 0.00753. The first kappa shape index (κ1) is 15.0. The highest BCUT2D eigenvalue weighted by Crippen LogP contribution is 2.28. The highest BCUT2D eigenvalue weighted by molar-refractivity contribution is 5.81. The summed E-state index contributed by atoms with van der Waals surface area (Å²) in [6.07, 6.45) is 2.81. The zero-order valence-corrected chi connectivity index (χ0v) is 11.4. The maximum Gasteiger partial charge on any atom is 0.224 e. The van der Waals surface area contributed by atoms with Crippen LogP contribution in [0.3, 0.4) is 0 Å². The van der Waals surface area contributed by atoms with Crippen molar-refractivity contribution in [3.05, 3.63) is 0 Å². The fourth-order valence-corrected chi connectivity index (χ4v) is 1.88. The molecule has 1 rings (SSSR count). The van der Waals surface area contributed by atoms with Gasteiger partial charge in [-0.3, -0.25) is 9.59 Å². The summed E-state index contributed by atoms with van der Waals surface area (Å²) < 4.78 is 0. The summed E-state index contributed by atoms with van der Waals surface area (Å²) in [6, 6.07) is 0. The van der Waals surface area contributed by atoms with E-state index in [1.165, 1.54) is 0 Å². The molecule has 1 atom stereocenters. The van der Waals surface area contributed by atoms with Gasteiger partial charge >= 0.3 is 0 Å². The van der Waals surface area contributed by atoms with Crippen LogP contribution < -0.4 is 16.4 Å². The molecule has 2 amide bonds. The van der Waals surface area contributed by atoms with Gasteiger partial charge in [0.15, 0.2) is 0 Å². The first-order valence-electron chi connectivity index (χ1n) is 6.80. The second kappa shape index (κ2) is 7.36. The minimum Gasteiger partial charge on any atom is -0.354 e. The smallest absolute Gasteiger partial charge is 0.224 e. The Morgan fingerprint density at radius 3 is 2.33 bits per heavy atom. The highest BCUT2D eigenvalue weighted by Gasteiger charge is 2.29. The van der Waals surface area contributed by atoms with Crippen LogP contribution in [0, 0.1) is 17.8 Å². The van der Waals surface area contributed by atoms with Crippen LogP contribution in [0.5, 0.6) is 0 Å². The molecular weight excluding hydrogens is 230 g/mol. The van der Waals surface area contributed by atoms with Crippen molar-refractivity contribution in [2.75, 3.05) is 19.6 Å². The number of carbonyl (C=O) groups excluding carboxylic acids is 2. The van der Waals surface area contributed by atoms with E-state index >= 15 is 0 Å². The van der Waals surface area contributed by atoms with E-state index in [1.807, 2.05) is 0 Å². The molecule has 1 fully saturated rings. The zero-order valence-electron chi connectivity index (χ0n) is 11.4. The first-order valence-corrected chi connectivity index (χ1v) is 6.80. The Labute approximate surface area is 109 Å². The largest absolute Gasteiger partial charge is 0.354 e. The van der Waals surface area contributed by atoms with Gasteiger partial charge in [0, 0.05) is 25.6 Å². The Bertz CT molecular complexity index is 288. The fourth-order valence-electron chi connectivity index (χ4n) is 1.88. The molecule has 0 aliphatic heterocycles. The van der Waals surface area contributed by atoms with Crippen molar-refractivity contribution in [2.24, 2.45) is 23.5 Å². The van der Waals surface area contributed by atoms with Gasteiger partial charge in [0.1, 0.15) is 0 Å². The number of hydrogen-bond acceptors (Lipinski definition) is 3. The van der Waals surface area contributed by atoms with E-state index in [0.29, 0.717) is 25.6 Å². The lowest BCUT2D eigenvalue weighted by molar-refractivity contribution is -0.126. The third kappa shape index (κ3) is 5.49. The molecule has 4 N–H and O–H groups in total. The van der Waals surface area contributed by atoms with Crippen molar-refractivity contribution in [1.82, 2.24) is 10.6 Å². The van der Waals surface area contributed by atoms with Crippen LogP contribution in [0.25, 0.3) is 0 Å². The van der Waals surface area contributed by atoms with E-state index < -0.39 is 0 Å². The molecule has 104 valence electrons. The molecule has 0 bridgehead atoms. The van der Waals surface area contributed by atoms with Crippen molar-refractivity contribution in [3.63, 3.8) is 0 Å². The van der Waals surface area contributed by atoms with Crippen LogP contribution in [0.1, 0.15) is 33.1 Å². The maximum absolute atomic E-state index is 11.8. The second-order valence-electron chi connectivity index (χ2n) is 5.42. The van der Waals surface area contributed by atoms with Crippen molar-refractivity contribution in [3.8, 4) is 0 Å². The molecule has 1 unspecified atom stereocenters. The molecule has 5 heteroatoms. The average molecular weight is 255 g/mol. The Balaban J connectivity index is 2.12. The van der Waals surface area contributed by atoms with Crippen LogP contribution in [-0.2, 0) is 9.59 Å². The van der Waals surface area contributed by atoms with Gasteiger partial charge in [-0.2, -0.15) is 0 Å². The van der Waals surface area contributed by atoms with Crippen LogP contribution in [0.4, 0.5) is 0 Å². The van der Waals surface area contributed by atoms with Gasteiger partial charge in [0.2, 0.25) is 11.8 Å². The SMILES string of the molecule is CC(C)CC(CN)C(=O)NCCNC(=O)C1CC1. The number of nitrogens with one attached hydrogen (secondary N) is 2. The molecule has 0 spiro atoms. The second-order valence-corrected chi connectivity index (χ2v) is 5.42. The Morgan fingerprint density at radius 1 is 1.22 bits per heavy atom. The molecule has 1 aliphatic rings. The monoisotopic (exact) mass is 255 g/mol. The summed E-state index contributed by atoms with van der Waals surface area (Å²) >= 11 is 0. The minimum atomic E-state index is -0.121. The Hall–Kier alpha value is -1.10. The summed E-state index contributed by atoms with van der Waals surface area (Å²) in [7, 11) is 0. The molecule has 0 aromatic heterocycles. The summed E-state index contributed by atoms with van der Waals surface area (Å²) in [4.78, 5) is 23.1. The summed E-state index contributed by atoms with van der Waals surface area (Å²) in [5, 5.41) is 5.63. The Kier molecular flexibility index (Phi) is 6.12. The maximum atomic E-state index is 11.8. The lowest BCUT2D eigenvalue weighted by Gasteiger charge is -2.16. The quantitative estimate of drug-likeness (QED) is 0.544. The Morgan fingerprint density at radius 2 is 1.83 bits per heavy atom. The van der Waals surface area contributed by atoms with Crippen molar-refractivity contribution >= 4 is 11.8 Å². The topological polar surface area (TPSA) is 84.2 Å². The third-order valence-electron chi connectivity index (χ3n) is 3.08. The summed E-state index contributed by atoms with van der Waals surface area (Å²) in [6.45, 7) is 5.50. The number of carbonyl (C=O) groups is 2. The molecule has 1 aliphatic carbocycles. The first-order chi connectivity index (χ1) is 8.54. The molecule has 0 aromatic carbocycles. The molecule has 0 heterocycles. The van der Waals surface area contributed by atoms with Crippen molar-refractivity contribution in [1.29, 1.82) is 0 Å². The average Bonchev–Trinajstić information content (AvgIpc) is 3.14. The number of amides is 2. The molecule has 18 heavy (non-hydrogen) atoms. The van der Waals surface area contributed by atoms with E-state index in [9.17, 15) is 9.59 Å². The van der Waals surface area contributed by atoms with Crippen LogP contribution in [0.2, 0.25) is 0 Å². The van der Waals surface area contributed by atoms with E-state index in [2.05, 4.69) is 24.5 Å². The van der Waals surface area contributed by atoms with Gasteiger partial charge in [-0.25, -0.2) is 0 Å². The normalized spacial score (nSPS) is 16.4. The van der Waals surface area contributed by atoms with E-state index in [-0.39, 0.29) is 23.7 Å². The van der Waals surface area contributed by atoms with Crippen molar-refractivity contribution < 1.29 is 9.59 Å². The zero-order chi connectivity index (χ0) is 13.5. The third-order valence-corrected chi connectivity index (χ3v) is 3.08. The van der Waals surface area contributed by atoms with Gasteiger partial charge in [0.05, 0.1) is 5.92 Å². The van der Waals surface area contributed by atoms with Crippen LogP contribution in [0.15, 0.2) is 0 Å². The van der Waals surface area contributed by atoms with E-state index in [4.69, 9.17) is 5.73 Å². The van der Waals surface area contributed by atoms with Crippen LogP contribution >= 0.6 is 0 Å². The van der Waals surface area contributed by atoms with Gasteiger partial charge in [-0.05, 0) is 25.2 Å². The van der Waals surface area contributed by atoms with E-state index in [0.717, 1.165) is 19.3 Å². The van der Waals surface area contributed by atoms with Gasteiger partial charge in [0.25, 0.3) is 0 Å². The number of rotatable bonds is 8. The molecule has 0 aromatic rings. The van der Waals surface area contributed by atoms with E-state index in [1.54, 1.807) is 0 Å². The molecule has 1 saturated carbocycles. The van der Waals surface area contributed by atoms with Gasteiger partial charge in [-0.15, -0.1) is 0 Å². The lowest BCUT2D eigenvalue weighted by Crippen LogP contribution is -2.40. The predicted octanol–water partition coefficient (Wildman–Crippen LogP) is 0.250. The van der Waals surface area contributed by atoms with Gasteiger partial charge < -0.3 is 16.4 Å². The lowest BCUT2D eigenvalue weighted by atomic mass is 9.96. The predicted molar refractivity (Wildman–Crippen MR) is 70.7 cm³/mol. The number of hydrogen-bond donors (Lipinski definition) is 3. The van der Waals surface area contributed by atoms with Crippen LogP contribution in [-0.4, -0.2) is 31.4 Å². The fraction of sp³-hybridized carbons (Fsp3) is 0.846. The summed E-state index contributed by atoms with van der Waals surface area (Å²) in [5.41, 5.74) is 5.59. The molecule has 0 saturated heterocycles. The van der Waals surface area contributed by atoms with Crippen molar-refractivity contribution in [2.45, 2.75) is 33.1 Å².